The molecule has 0 rings (SSSR count). The summed E-state index contributed by atoms with van der Waals surface area (Å²) in [5.41, 5.74) is 0. The third-order valence-electron chi connectivity index (χ3n) is 2.45. The van der Waals surface area contributed by atoms with Crippen molar-refractivity contribution in [1.29, 1.82) is 0 Å². The lowest BCUT2D eigenvalue weighted by Crippen LogP contribution is -2.34. The van der Waals surface area contributed by atoms with E-state index in [2.05, 4.69) is 12.2 Å². The SMILES string of the molecule is CCCCC[C@H](C)C(=O)C(=O)NCCC. The van der Waals surface area contributed by atoms with Gasteiger partial charge in [0.05, 0.1) is 0 Å². The first-order valence-electron chi connectivity index (χ1n) is 5.95. The Bertz CT molecular complexity index is 202. The minimum atomic E-state index is -0.416. The van der Waals surface area contributed by atoms with Gasteiger partial charge in [-0.25, -0.2) is 0 Å². The number of ketones is 1. The molecule has 0 spiro atoms. The summed E-state index contributed by atoms with van der Waals surface area (Å²) in [4.78, 5) is 22.8. The molecule has 0 bridgehead atoms. The predicted molar refractivity (Wildman–Crippen MR) is 61.6 cm³/mol. The van der Waals surface area contributed by atoms with Crippen LogP contribution in [0, 0.1) is 5.92 Å². The van der Waals surface area contributed by atoms with Crippen LogP contribution in [0.4, 0.5) is 0 Å². The lowest BCUT2D eigenvalue weighted by atomic mass is 9.98. The first-order chi connectivity index (χ1) is 7.13. The Hall–Kier alpha value is -0.860. The minimum absolute atomic E-state index is 0.131. The van der Waals surface area contributed by atoms with Gasteiger partial charge in [0, 0.05) is 12.5 Å². The summed E-state index contributed by atoms with van der Waals surface area (Å²) in [6, 6.07) is 0. The molecule has 3 heteroatoms. The van der Waals surface area contributed by atoms with Crippen LogP contribution in [0.2, 0.25) is 0 Å². The summed E-state index contributed by atoms with van der Waals surface area (Å²) in [7, 11) is 0. The highest BCUT2D eigenvalue weighted by molar-refractivity contribution is 6.36. The summed E-state index contributed by atoms with van der Waals surface area (Å²) >= 11 is 0. The molecule has 0 heterocycles. The van der Waals surface area contributed by atoms with E-state index in [4.69, 9.17) is 0 Å². The zero-order valence-corrected chi connectivity index (χ0v) is 10.1. The average molecular weight is 213 g/mol. The molecule has 0 aliphatic carbocycles. The van der Waals surface area contributed by atoms with Gasteiger partial charge in [-0.15, -0.1) is 0 Å². The maximum atomic E-state index is 11.5. The van der Waals surface area contributed by atoms with Crippen molar-refractivity contribution in [2.45, 2.75) is 52.9 Å². The van der Waals surface area contributed by atoms with E-state index in [1.807, 2.05) is 13.8 Å². The van der Waals surface area contributed by atoms with Crippen LogP contribution in [0.25, 0.3) is 0 Å². The molecular weight excluding hydrogens is 190 g/mol. The van der Waals surface area contributed by atoms with Crippen molar-refractivity contribution >= 4 is 11.7 Å². The minimum Gasteiger partial charge on any atom is -0.350 e. The number of rotatable bonds is 8. The predicted octanol–water partition coefficient (Wildman–Crippen LogP) is 2.30. The van der Waals surface area contributed by atoms with Crippen LogP contribution in [0.1, 0.15) is 52.9 Å². The Balaban J connectivity index is 3.81. The van der Waals surface area contributed by atoms with Crippen molar-refractivity contribution in [3.8, 4) is 0 Å². The number of hydrogen-bond donors (Lipinski definition) is 1. The quantitative estimate of drug-likeness (QED) is 0.496. The first kappa shape index (κ1) is 14.1. The third-order valence-corrected chi connectivity index (χ3v) is 2.45. The monoisotopic (exact) mass is 213 g/mol. The zero-order chi connectivity index (χ0) is 11.7. The molecule has 0 fully saturated rings. The largest absolute Gasteiger partial charge is 0.350 e. The van der Waals surface area contributed by atoms with Gasteiger partial charge in [0.15, 0.2) is 0 Å². The molecule has 15 heavy (non-hydrogen) atoms. The van der Waals surface area contributed by atoms with Crippen LogP contribution in [0.5, 0.6) is 0 Å². The van der Waals surface area contributed by atoms with Crippen molar-refractivity contribution < 1.29 is 9.59 Å². The van der Waals surface area contributed by atoms with E-state index in [1.165, 1.54) is 0 Å². The maximum Gasteiger partial charge on any atom is 0.287 e. The third kappa shape index (κ3) is 6.26. The summed E-state index contributed by atoms with van der Waals surface area (Å²) in [5.74, 6) is -0.811. The van der Waals surface area contributed by atoms with E-state index in [1.54, 1.807) is 0 Å². The molecule has 1 atom stereocenters. The zero-order valence-electron chi connectivity index (χ0n) is 10.1. The summed E-state index contributed by atoms with van der Waals surface area (Å²) in [5, 5.41) is 2.61. The van der Waals surface area contributed by atoms with E-state index in [9.17, 15) is 9.59 Å². The molecule has 1 amide bonds. The van der Waals surface area contributed by atoms with Gasteiger partial charge in [0.2, 0.25) is 5.78 Å². The normalized spacial score (nSPS) is 12.2. The number of unbranched alkanes of at least 4 members (excludes halogenated alkanes) is 2. The van der Waals surface area contributed by atoms with Gasteiger partial charge < -0.3 is 5.32 Å². The van der Waals surface area contributed by atoms with Crippen LogP contribution in [-0.4, -0.2) is 18.2 Å². The lowest BCUT2D eigenvalue weighted by molar-refractivity contribution is -0.140. The molecule has 0 saturated carbocycles. The Labute approximate surface area is 92.6 Å². The molecule has 0 aromatic carbocycles. The second-order valence-corrected chi connectivity index (χ2v) is 4.02. The number of Topliss-reactive ketones (excluding diaryl/α,β-unsaturated/α-hetero) is 1. The van der Waals surface area contributed by atoms with Crippen LogP contribution >= 0.6 is 0 Å². The van der Waals surface area contributed by atoms with Gasteiger partial charge in [-0.1, -0.05) is 40.0 Å². The number of amides is 1. The molecule has 0 aliphatic heterocycles. The van der Waals surface area contributed by atoms with E-state index in [0.29, 0.717) is 6.54 Å². The molecule has 0 aromatic rings. The van der Waals surface area contributed by atoms with E-state index in [0.717, 1.165) is 32.1 Å². The highest BCUT2D eigenvalue weighted by atomic mass is 16.2. The van der Waals surface area contributed by atoms with Crippen molar-refractivity contribution in [2.24, 2.45) is 5.92 Å². The molecule has 0 saturated heterocycles. The smallest absolute Gasteiger partial charge is 0.287 e. The molecule has 0 aromatic heterocycles. The highest BCUT2D eigenvalue weighted by Crippen LogP contribution is 2.10. The number of nitrogens with one attached hydrogen (secondary N) is 1. The van der Waals surface area contributed by atoms with Gasteiger partial charge in [0.25, 0.3) is 5.91 Å². The summed E-state index contributed by atoms with van der Waals surface area (Å²) < 4.78 is 0. The molecular formula is C12H23NO2. The highest BCUT2D eigenvalue weighted by Gasteiger charge is 2.19. The Morgan fingerprint density at radius 2 is 1.80 bits per heavy atom. The van der Waals surface area contributed by atoms with Gasteiger partial charge >= 0.3 is 0 Å². The molecule has 0 aliphatic rings. The van der Waals surface area contributed by atoms with Gasteiger partial charge in [-0.05, 0) is 12.8 Å². The standard InChI is InChI=1S/C12H23NO2/c1-4-6-7-8-10(3)11(14)12(15)13-9-5-2/h10H,4-9H2,1-3H3,(H,13,15)/t10-/m0/s1. The molecule has 0 unspecified atom stereocenters. The Morgan fingerprint density at radius 1 is 1.13 bits per heavy atom. The Kier molecular flexibility index (Phi) is 7.96. The fourth-order valence-electron chi connectivity index (χ4n) is 1.38. The molecule has 1 N–H and O–H groups in total. The topological polar surface area (TPSA) is 46.2 Å². The van der Waals surface area contributed by atoms with Crippen LogP contribution in [0.3, 0.4) is 0 Å². The first-order valence-corrected chi connectivity index (χ1v) is 5.95. The van der Waals surface area contributed by atoms with Gasteiger partial charge in [-0.2, -0.15) is 0 Å². The van der Waals surface area contributed by atoms with E-state index >= 15 is 0 Å². The van der Waals surface area contributed by atoms with Crippen LogP contribution in [-0.2, 0) is 9.59 Å². The average Bonchev–Trinajstić information content (AvgIpc) is 2.24. The van der Waals surface area contributed by atoms with Crippen LogP contribution < -0.4 is 5.32 Å². The molecule has 3 nitrogen and oxygen atoms in total. The second kappa shape index (κ2) is 8.45. The van der Waals surface area contributed by atoms with Crippen molar-refractivity contribution in [1.82, 2.24) is 5.32 Å². The number of carbonyl (C=O) groups is 2. The molecule has 0 radical (unpaired) electrons. The number of carbonyl (C=O) groups excluding carboxylic acids is 2. The Morgan fingerprint density at radius 3 is 2.33 bits per heavy atom. The van der Waals surface area contributed by atoms with Crippen molar-refractivity contribution in [3.63, 3.8) is 0 Å². The maximum absolute atomic E-state index is 11.5. The number of hydrogen-bond acceptors (Lipinski definition) is 2. The van der Waals surface area contributed by atoms with Crippen LogP contribution in [0.15, 0.2) is 0 Å². The summed E-state index contributed by atoms with van der Waals surface area (Å²) in [6.07, 6.45) is 5.00. The molecule has 88 valence electrons. The van der Waals surface area contributed by atoms with Crippen molar-refractivity contribution in [2.75, 3.05) is 6.54 Å². The fraction of sp³-hybridized carbons (Fsp3) is 0.833. The second-order valence-electron chi connectivity index (χ2n) is 4.02. The lowest BCUT2D eigenvalue weighted by Gasteiger charge is -2.09. The van der Waals surface area contributed by atoms with Gasteiger partial charge in [0.1, 0.15) is 0 Å². The van der Waals surface area contributed by atoms with E-state index in [-0.39, 0.29) is 11.7 Å². The van der Waals surface area contributed by atoms with Crippen molar-refractivity contribution in [3.05, 3.63) is 0 Å². The fourth-order valence-corrected chi connectivity index (χ4v) is 1.38. The van der Waals surface area contributed by atoms with Gasteiger partial charge in [-0.3, -0.25) is 9.59 Å². The van der Waals surface area contributed by atoms with E-state index < -0.39 is 5.91 Å². The summed E-state index contributed by atoms with van der Waals surface area (Å²) in [6.45, 7) is 6.52.